The second-order valence-electron chi connectivity index (χ2n) is 13.6. The maximum Gasteiger partial charge on any atom is 0.242 e. The van der Waals surface area contributed by atoms with E-state index >= 15 is 0 Å². The molecule has 1 aromatic heterocycles. The van der Waals surface area contributed by atoms with E-state index in [1.54, 1.807) is 23.0 Å². The molecule has 2 aromatic carbocycles. The highest BCUT2D eigenvalue weighted by molar-refractivity contribution is 5.88. The molecule has 3 aliphatic rings. The third-order valence-electron chi connectivity index (χ3n) is 9.57. The molecule has 0 spiro atoms. The third-order valence-corrected chi connectivity index (χ3v) is 9.57. The minimum atomic E-state index is -0.754. The number of hydrogen-bond donors (Lipinski definition) is 3. The lowest BCUT2D eigenvalue weighted by molar-refractivity contribution is -0.138. The van der Waals surface area contributed by atoms with E-state index in [4.69, 9.17) is 18.7 Å². The number of carbonyl (C=O) groups is 5. The van der Waals surface area contributed by atoms with Gasteiger partial charge in [0.25, 0.3) is 0 Å². The monoisotopic (exact) mass is 761 g/mol. The molecule has 1 saturated heterocycles. The van der Waals surface area contributed by atoms with E-state index < -0.39 is 12.1 Å². The zero-order chi connectivity index (χ0) is 39.2. The Kier molecular flexibility index (Phi) is 14.8. The highest BCUT2D eigenvalue weighted by Gasteiger charge is 2.40. The topological polar surface area (TPSA) is 195 Å². The number of carbonyl (C=O) groups excluding carboxylic acids is 5. The van der Waals surface area contributed by atoms with Gasteiger partial charge in [-0.15, -0.1) is 0 Å². The second-order valence-corrected chi connectivity index (χ2v) is 13.6. The van der Waals surface area contributed by atoms with Gasteiger partial charge in [0.1, 0.15) is 17.9 Å². The molecule has 3 N–H and O–H groups in total. The molecule has 3 aliphatic heterocycles. The van der Waals surface area contributed by atoms with Crippen LogP contribution < -0.4 is 30.2 Å². The van der Waals surface area contributed by atoms with Gasteiger partial charge in [-0.05, 0) is 61.9 Å². The average Bonchev–Trinajstić information content (AvgIpc) is 3.84. The second kappa shape index (κ2) is 20.1. The smallest absolute Gasteiger partial charge is 0.242 e. The molecule has 16 nitrogen and oxygen atoms in total. The number of aromatic nitrogens is 2. The van der Waals surface area contributed by atoms with Crippen molar-refractivity contribution in [2.45, 2.75) is 76.9 Å². The minimum Gasteiger partial charge on any atom is -0.496 e. The van der Waals surface area contributed by atoms with Gasteiger partial charge in [0.15, 0.2) is 11.5 Å². The van der Waals surface area contributed by atoms with E-state index in [1.807, 2.05) is 36.4 Å². The van der Waals surface area contributed by atoms with E-state index in [0.29, 0.717) is 99.2 Å². The number of fused-ring (bicyclic) bond motifs is 15. The van der Waals surface area contributed by atoms with E-state index in [9.17, 15) is 24.0 Å². The Morgan fingerprint density at radius 1 is 0.945 bits per heavy atom. The molecule has 4 heterocycles. The standard InChI is InChI=1S/C39H51N7O9/c1-26(47)42-24-37(50)45-20-7-6-18-41-39(51)30-23-28(54-32-16-14-27(22-33(32)53-3)15-17-34(48)40-19-9-21-45)25-46(30)36(49)13-8-12-35-43-38(44-55-35)29-10-4-5-11-31(29)52-2/h4-5,10-11,14,16,22,28,30H,6-9,12-13,15,17-21,23-25H2,1-3H3,(H,40,48)(H,41,51)(H,42,47)/t28-,30-/m0/s1. The van der Waals surface area contributed by atoms with Gasteiger partial charge in [-0.25, -0.2) is 0 Å². The number of benzene rings is 2. The van der Waals surface area contributed by atoms with Crippen molar-refractivity contribution in [1.82, 2.24) is 35.9 Å². The fraction of sp³-hybridized carbons (Fsp3) is 0.513. The van der Waals surface area contributed by atoms with Crippen LogP contribution in [0.15, 0.2) is 47.0 Å². The number of amides is 5. The SMILES string of the molecule is COc1cc2ccc1O[C@H]1C[C@@H](C(=O)NCCCCN(C(=O)CNC(C)=O)CCCNC(=O)CC2)N(C(=O)CCCc2nc(-c3ccccc3OC)no2)C1. The maximum atomic E-state index is 13.7. The Hall–Kier alpha value is -5.67. The van der Waals surface area contributed by atoms with E-state index in [2.05, 4.69) is 26.1 Å². The molecule has 0 radical (unpaired) electrons. The van der Waals surface area contributed by atoms with E-state index in [-0.39, 0.29) is 61.9 Å². The third kappa shape index (κ3) is 11.7. The van der Waals surface area contributed by atoms with Crippen LogP contribution in [0.3, 0.4) is 0 Å². The van der Waals surface area contributed by atoms with E-state index in [1.165, 1.54) is 14.0 Å². The molecule has 0 aliphatic carbocycles. The van der Waals surface area contributed by atoms with Gasteiger partial charge in [-0.1, -0.05) is 23.4 Å². The zero-order valence-corrected chi connectivity index (χ0v) is 31.8. The first-order chi connectivity index (χ1) is 26.6. The molecule has 4 bridgehead atoms. The molecule has 16 heteroatoms. The van der Waals surface area contributed by atoms with Gasteiger partial charge in [0.2, 0.25) is 41.3 Å². The number of ether oxygens (including phenoxy) is 3. The molecule has 296 valence electrons. The number of nitrogens with zero attached hydrogens (tertiary/aromatic N) is 4. The van der Waals surface area contributed by atoms with E-state index in [0.717, 1.165) is 5.56 Å². The normalized spacial score (nSPS) is 18.6. The van der Waals surface area contributed by atoms with Crippen molar-refractivity contribution >= 4 is 29.5 Å². The van der Waals surface area contributed by atoms with Gasteiger partial charge >= 0.3 is 0 Å². The van der Waals surface area contributed by atoms with Crippen molar-refractivity contribution in [3.8, 4) is 28.6 Å². The molecular weight excluding hydrogens is 710 g/mol. The summed E-state index contributed by atoms with van der Waals surface area (Å²) in [6.07, 6.45) is 3.20. The molecule has 5 amide bonds. The lowest BCUT2D eigenvalue weighted by atomic mass is 10.1. The van der Waals surface area contributed by atoms with Crippen LogP contribution in [0.1, 0.15) is 63.3 Å². The number of likely N-dealkylation sites (tertiary alicyclic amines) is 1. The summed E-state index contributed by atoms with van der Waals surface area (Å²) in [5.41, 5.74) is 1.58. The first-order valence-electron chi connectivity index (χ1n) is 18.8. The maximum absolute atomic E-state index is 13.7. The van der Waals surface area contributed by atoms with Crippen LogP contribution >= 0.6 is 0 Å². The summed E-state index contributed by atoms with van der Waals surface area (Å²) in [6, 6.07) is 12.1. The van der Waals surface area contributed by atoms with Gasteiger partial charge in [0.05, 0.1) is 32.9 Å². The van der Waals surface area contributed by atoms with Gasteiger partial charge in [0, 0.05) is 58.8 Å². The van der Waals surface area contributed by atoms with Crippen LogP contribution in [0.5, 0.6) is 17.2 Å². The summed E-state index contributed by atoms with van der Waals surface area (Å²) >= 11 is 0. The molecule has 6 rings (SSSR count). The van der Waals surface area contributed by atoms with Crippen molar-refractivity contribution in [3.05, 3.63) is 53.9 Å². The van der Waals surface area contributed by atoms with Gasteiger partial charge in [-0.2, -0.15) is 4.98 Å². The summed E-state index contributed by atoms with van der Waals surface area (Å²) < 4.78 is 22.9. The van der Waals surface area contributed by atoms with Crippen molar-refractivity contribution in [1.29, 1.82) is 0 Å². The Morgan fingerprint density at radius 2 is 1.73 bits per heavy atom. The molecule has 0 saturated carbocycles. The van der Waals surface area contributed by atoms with Crippen LogP contribution in [0.25, 0.3) is 11.4 Å². The lowest BCUT2D eigenvalue weighted by Crippen LogP contribution is -2.46. The summed E-state index contributed by atoms with van der Waals surface area (Å²) in [7, 11) is 3.11. The number of nitrogens with one attached hydrogen (secondary N) is 3. The quantitative estimate of drug-likeness (QED) is 0.290. The predicted molar refractivity (Wildman–Crippen MR) is 200 cm³/mol. The van der Waals surface area contributed by atoms with Crippen molar-refractivity contribution in [3.63, 3.8) is 0 Å². The molecule has 1 fully saturated rings. The Labute approximate surface area is 320 Å². The number of aryl methyl sites for hydroxylation is 2. The number of rotatable bonds is 9. The highest BCUT2D eigenvalue weighted by Crippen LogP contribution is 2.33. The van der Waals surface area contributed by atoms with Gasteiger partial charge < -0.3 is 44.5 Å². The fourth-order valence-corrected chi connectivity index (χ4v) is 6.66. The number of hydrogen-bond acceptors (Lipinski definition) is 11. The van der Waals surface area contributed by atoms with Crippen molar-refractivity contribution in [2.24, 2.45) is 0 Å². The predicted octanol–water partition coefficient (Wildman–Crippen LogP) is 2.44. The van der Waals surface area contributed by atoms with Crippen LogP contribution in [0, 0.1) is 0 Å². The van der Waals surface area contributed by atoms with Crippen molar-refractivity contribution in [2.75, 3.05) is 53.5 Å². The van der Waals surface area contributed by atoms with Crippen LogP contribution in [-0.2, 0) is 36.8 Å². The van der Waals surface area contributed by atoms with Crippen LogP contribution in [0.2, 0.25) is 0 Å². The Morgan fingerprint density at radius 3 is 2.53 bits per heavy atom. The lowest BCUT2D eigenvalue weighted by Gasteiger charge is -2.24. The first kappa shape index (κ1) is 40.5. The highest BCUT2D eigenvalue weighted by atomic mass is 16.5. The molecule has 3 aromatic rings. The molecule has 0 unspecified atom stereocenters. The summed E-state index contributed by atoms with van der Waals surface area (Å²) in [6.45, 7) is 3.00. The Balaban J connectivity index is 1.26. The molecular formula is C39H51N7O9. The van der Waals surface area contributed by atoms with Crippen LogP contribution in [0.4, 0.5) is 0 Å². The fourth-order valence-electron chi connectivity index (χ4n) is 6.66. The summed E-state index contributed by atoms with van der Waals surface area (Å²) in [5, 5.41) is 12.5. The molecule has 2 atom stereocenters. The number of methoxy groups -OCH3 is 2. The average molecular weight is 762 g/mol. The largest absolute Gasteiger partial charge is 0.496 e. The first-order valence-corrected chi connectivity index (χ1v) is 18.8. The minimum absolute atomic E-state index is 0.107. The van der Waals surface area contributed by atoms with Gasteiger partial charge in [-0.3, -0.25) is 24.0 Å². The zero-order valence-electron chi connectivity index (χ0n) is 31.8. The summed E-state index contributed by atoms with van der Waals surface area (Å²) in [4.78, 5) is 72.0. The number of para-hydroxylation sites is 1. The summed E-state index contributed by atoms with van der Waals surface area (Å²) in [5.74, 6) is 1.27. The Bertz CT molecular complexity index is 1800. The molecule has 55 heavy (non-hydrogen) atoms. The van der Waals surface area contributed by atoms with Crippen LogP contribution in [-0.4, -0.2) is 115 Å². The van der Waals surface area contributed by atoms with Crippen molar-refractivity contribution < 1.29 is 42.7 Å².